The van der Waals surface area contributed by atoms with E-state index in [9.17, 15) is 4.79 Å². The number of aliphatic hydroxyl groups is 1. The van der Waals surface area contributed by atoms with Crippen LogP contribution in [0, 0.1) is 0 Å². The summed E-state index contributed by atoms with van der Waals surface area (Å²) in [5.74, 6) is 0.597. The van der Waals surface area contributed by atoms with Crippen molar-refractivity contribution in [2.24, 2.45) is 7.05 Å². The largest absolute Gasteiger partial charge is 0.390 e. The maximum absolute atomic E-state index is 12.6. The van der Waals surface area contributed by atoms with E-state index in [-0.39, 0.29) is 18.6 Å². The summed E-state index contributed by atoms with van der Waals surface area (Å²) in [7, 11) is 1.86. The number of aliphatic hydroxyl groups excluding tert-OH is 1. The van der Waals surface area contributed by atoms with E-state index in [1.807, 2.05) is 11.6 Å². The molecular weight excluding hydrogens is 286 g/mol. The fraction of sp³-hybridized carbons (Fsp3) is 0.733. The normalized spacial score (nSPS) is 15.9. The van der Waals surface area contributed by atoms with Crippen LogP contribution in [0.5, 0.6) is 0 Å². The minimum atomic E-state index is -0.0296. The fourth-order valence-corrected chi connectivity index (χ4v) is 3.84. The van der Waals surface area contributed by atoms with Crippen LogP contribution in [0.25, 0.3) is 0 Å². The van der Waals surface area contributed by atoms with Gasteiger partial charge in [-0.3, -0.25) is 4.79 Å². The number of rotatable bonds is 6. The van der Waals surface area contributed by atoms with E-state index >= 15 is 0 Å². The maximum Gasteiger partial charge on any atom is 0.233 e. The van der Waals surface area contributed by atoms with Gasteiger partial charge in [0.25, 0.3) is 0 Å². The zero-order valence-corrected chi connectivity index (χ0v) is 13.9. The first-order valence-electron chi connectivity index (χ1n) is 7.60. The number of carbonyl (C=O) groups is 1. The Hall–Kier alpha value is -1.01. The number of hydrogen-bond acceptors (Lipinski definition) is 4. The Bertz CT molecular complexity index is 481. The van der Waals surface area contributed by atoms with E-state index in [1.54, 1.807) is 6.20 Å². The number of imidazole rings is 1. The summed E-state index contributed by atoms with van der Waals surface area (Å²) in [5, 5.41) is 9.95. The molecule has 1 aliphatic carbocycles. The van der Waals surface area contributed by atoms with Crippen LogP contribution < -0.4 is 0 Å². The van der Waals surface area contributed by atoms with Crippen molar-refractivity contribution < 1.29 is 9.90 Å². The molecule has 1 amide bonds. The van der Waals surface area contributed by atoms with Crippen molar-refractivity contribution in [1.29, 1.82) is 0 Å². The number of carbonyl (C=O) groups excluding carboxylic acids is 1. The van der Waals surface area contributed by atoms with E-state index in [0.717, 1.165) is 23.7 Å². The van der Waals surface area contributed by atoms with Crippen LogP contribution in [-0.4, -0.2) is 43.3 Å². The average molecular weight is 311 g/mol. The highest BCUT2D eigenvalue weighted by molar-refractivity contribution is 7.99. The first kappa shape index (κ1) is 16.4. The highest BCUT2D eigenvalue weighted by atomic mass is 32.2. The number of amides is 1. The van der Waals surface area contributed by atoms with Crippen molar-refractivity contribution in [3.63, 3.8) is 0 Å². The Morgan fingerprint density at radius 1 is 1.52 bits per heavy atom. The van der Waals surface area contributed by atoms with E-state index in [0.29, 0.717) is 11.8 Å². The molecule has 1 heterocycles. The van der Waals surface area contributed by atoms with Gasteiger partial charge in [-0.05, 0) is 26.7 Å². The maximum atomic E-state index is 12.6. The summed E-state index contributed by atoms with van der Waals surface area (Å²) < 4.78 is 1.84. The van der Waals surface area contributed by atoms with Crippen LogP contribution in [0.1, 0.15) is 45.2 Å². The van der Waals surface area contributed by atoms with Crippen molar-refractivity contribution in [3.8, 4) is 0 Å². The van der Waals surface area contributed by atoms with Gasteiger partial charge in [-0.25, -0.2) is 4.98 Å². The molecule has 118 valence electrons. The van der Waals surface area contributed by atoms with Gasteiger partial charge in [0.1, 0.15) is 0 Å². The molecule has 0 spiro atoms. The van der Waals surface area contributed by atoms with Crippen molar-refractivity contribution in [2.75, 3.05) is 5.75 Å². The summed E-state index contributed by atoms with van der Waals surface area (Å²) >= 11 is 1.45. The van der Waals surface area contributed by atoms with E-state index in [2.05, 4.69) is 23.7 Å². The average Bonchev–Trinajstić information content (AvgIpc) is 3.06. The summed E-state index contributed by atoms with van der Waals surface area (Å²) in [6, 6.07) is 0.656. The van der Waals surface area contributed by atoms with Crippen molar-refractivity contribution >= 4 is 17.7 Å². The molecule has 0 atom stereocenters. The lowest BCUT2D eigenvalue weighted by Crippen LogP contribution is -2.44. The molecule has 0 saturated heterocycles. The van der Waals surface area contributed by atoms with Crippen molar-refractivity contribution in [2.45, 2.75) is 63.4 Å². The molecule has 0 aliphatic heterocycles. The van der Waals surface area contributed by atoms with E-state index in [4.69, 9.17) is 5.11 Å². The number of aromatic nitrogens is 2. The number of thioether (sulfide) groups is 1. The molecule has 1 aromatic rings. The standard InChI is InChI=1S/C15H25N3O2S/c1-11(2)18(12-6-4-5-7-12)14(20)10-21-15-16-8-13(9-19)17(15)3/h8,11-12,19H,4-7,9-10H2,1-3H3. The van der Waals surface area contributed by atoms with Gasteiger partial charge in [0.2, 0.25) is 5.91 Å². The van der Waals surface area contributed by atoms with E-state index < -0.39 is 0 Å². The lowest BCUT2D eigenvalue weighted by molar-refractivity contribution is -0.132. The lowest BCUT2D eigenvalue weighted by Gasteiger charge is -2.32. The zero-order valence-electron chi connectivity index (χ0n) is 13.1. The zero-order chi connectivity index (χ0) is 15.4. The second kappa shape index (κ2) is 7.31. The lowest BCUT2D eigenvalue weighted by atomic mass is 10.1. The molecule has 2 rings (SSSR count). The molecule has 1 saturated carbocycles. The molecule has 0 radical (unpaired) electrons. The van der Waals surface area contributed by atoms with Gasteiger partial charge in [-0.15, -0.1) is 0 Å². The van der Waals surface area contributed by atoms with Gasteiger partial charge in [0, 0.05) is 19.1 Å². The predicted molar refractivity (Wildman–Crippen MR) is 84.1 cm³/mol. The molecule has 1 aliphatic rings. The van der Waals surface area contributed by atoms with Gasteiger partial charge in [0.05, 0.1) is 24.3 Å². The molecule has 5 nitrogen and oxygen atoms in total. The Morgan fingerprint density at radius 3 is 2.71 bits per heavy atom. The third-order valence-corrected chi connectivity index (χ3v) is 5.12. The van der Waals surface area contributed by atoms with Crippen molar-refractivity contribution in [3.05, 3.63) is 11.9 Å². The minimum absolute atomic E-state index is 0.0296. The summed E-state index contributed by atoms with van der Waals surface area (Å²) in [5.41, 5.74) is 0.765. The smallest absolute Gasteiger partial charge is 0.233 e. The Balaban J connectivity index is 1.97. The van der Waals surface area contributed by atoms with Crippen LogP contribution in [-0.2, 0) is 18.4 Å². The Kier molecular flexibility index (Phi) is 5.70. The molecule has 1 fully saturated rings. The highest BCUT2D eigenvalue weighted by Crippen LogP contribution is 2.26. The second-order valence-electron chi connectivity index (χ2n) is 5.87. The quantitative estimate of drug-likeness (QED) is 0.818. The first-order chi connectivity index (χ1) is 10.0. The van der Waals surface area contributed by atoms with Crippen LogP contribution >= 0.6 is 11.8 Å². The molecule has 1 N–H and O–H groups in total. The van der Waals surface area contributed by atoms with Gasteiger partial charge in [-0.2, -0.15) is 0 Å². The van der Waals surface area contributed by atoms with Crippen LogP contribution in [0.15, 0.2) is 11.4 Å². The fourth-order valence-electron chi connectivity index (χ4n) is 3.00. The van der Waals surface area contributed by atoms with Crippen LogP contribution in [0.2, 0.25) is 0 Å². The molecule has 21 heavy (non-hydrogen) atoms. The molecule has 1 aromatic heterocycles. The van der Waals surface area contributed by atoms with Gasteiger partial charge < -0.3 is 14.6 Å². The monoisotopic (exact) mass is 311 g/mol. The summed E-state index contributed by atoms with van der Waals surface area (Å²) in [6.45, 7) is 4.15. The molecule has 6 heteroatoms. The number of nitrogens with zero attached hydrogens (tertiary/aromatic N) is 3. The molecular formula is C15H25N3O2S. The predicted octanol–water partition coefficient (Wildman–Crippen LogP) is 2.18. The summed E-state index contributed by atoms with van der Waals surface area (Å²) in [4.78, 5) is 18.9. The topological polar surface area (TPSA) is 58.4 Å². The molecule has 0 bridgehead atoms. The van der Waals surface area contributed by atoms with E-state index in [1.165, 1.54) is 24.6 Å². The van der Waals surface area contributed by atoms with Gasteiger partial charge in [-0.1, -0.05) is 24.6 Å². The summed E-state index contributed by atoms with van der Waals surface area (Å²) in [6.07, 6.45) is 6.38. The third-order valence-electron chi connectivity index (χ3n) is 4.09. The Labute approximate surface area is 130 Å². The third kappa shape index (κ3) is 3.80. The SMILES string of the molecule is CC(C)N(C(=O)CSc1ncc(CO)n1C)C1CCCC1. The van der Waals surface area contributed by atoms with Crippen molar-refractivity contribution in [1.82, 2.24) is 14.5 Å². The Morgan fingerprint density at radius 2 is 2.19 bits per heavy atom. The molecule has 0 unspecified atom stereocenters. The second-order valence-corrected chi connectivity index (χ2v) is 6.81. The van der Waals surface area contributed by atoms with Crippen LogP contribution in [0.4, 0.5) is 0 Å². The molecule has 0 aromatic carbocycles. The van der Waals surface area contributed by atoms with Gasteiger partial charge >= 0.3 is 0 Å². The highest BCUT2D eigenvalue weighted by Gasteiger charge is 2.28. The van der Waals surface area contributed by atoms with Crippen LogP contribution in [0.3, 0.4) is 0 Å². The van der Waals surface area contributed by atoms with Gasteiger partial charge in [0.15, 0.2) is 5.16 Å². The first-order valence-corrected chi connectivity index (χ1v) is 8.58. The number of hydrogen-bond donors (Lipinski definition) is 1. The minimum Gasteiger partial charge on any atom is -0.390 e.